The van der Waals surface area contributed by atoms with E-state index in [4.69, 9.17) is 14.7 Å². The fraction of sp³-hybridized carbons (Fsp3) is 0.424. The summed E-state index contributed by atoms with van der Waals surface area (Å²) < 4.78 is 22.6. The van der Waals surface area contributed by atoms with Crippen LogP contribution in [-0.4, -0.2) is 72.9 Å². The molecule has 2 aliphatic heterocycles. The van der Waals surface area contributed by atoms with Crippen LogP contribution in [0.4, 0.5) is 10.2 Å². The molecule has 0 amide bonds. The lowest BCUT2D eigenvalue weighted by Gasteiger charge is -2.44. The first-order chi connectivity index (χ1) is 21.4. The van der Waals surface area contributed by atoms with Crippen LogP contribution in [0, 0.1) is 24.1 Å². The molecule has 230 valence electrons. The number of benzene rings is 2. The summed E-state index contributed by atoms with van der Waals surface area (Å²) in [5.74, 6) is 1.98. The highest BCUT2D eigenvalue weighted by molar-refractivity contribution is 5.86. The summed E-state index contributed by atoms with van der Waals surface area (Å²) in [6.45, 7) is 12.4. The largest absolute Gasteiger partial charge is 0.381 e. The zero-order valence-corrected chi connectivity index (χ0v) is 26.1. The van der Waals surface area contributed by atoms with E-state index >= 15 is 0 Å². The summed E-state index contributed by atoms with van der Waals surface area (Å²) >= 11 is 0. The molecule has 0 N–H and O–H groups in total. The van der Waals surface area contributed by atoms with Crippen LogP contribution in [0.1, 0.15) is 62.2 Å². The number of fused-ring (bicyclic) bond motifs is 3. The molecule has 10 nitrogen and oxygen atoms in total. The third-order valence-corrected chi connectivity index (χ3v) is 8.13. The minimum atomic E-state index is -0.259. The molecule has 0 saturated carbocycles. The molecule has 0 radical (unpaired) electrons. The van der Waals surface area contributed by atoms with Crippen molar-refractivity contribution in [3.63, 3.8) is 0 Å². The van der Waals surface area contributed by atoms with E-state index in [1.165, 1.54) is 25.0 Å². The molecular weight excluding hydrogens is 557 g/mol. The van der Waals surface area contributed by atoms with Gasteiger partial charge in [-0.1, -0.05) is 38.1 Å². The first-order valence-corrected chi connectivity index (χ1v) is 15.3. The van der Waals surface area contributed by atoms with Crippen LogP contribution in [0.2, 0.25) is 0 Å². The third kappa shape index (κ3) is 6.27. The molecule has 2 fully saturated rings. The molecule has 5 aromatic rings. The molecule has 2 saturated heterocycles. The number of anilines is 1. The van der Waals surface area contributed by atoms with Crippen LogP contribution < -0.4 is 4.90 Å². The molecule has 5 heterocycles. The van der Waals surface area contributed by atoms with Crippen molar-refractivity contribution in [1.29, 1.82) is 5.26 Å². The molecular formula is C33H40FN9O. The van der Waals surface area contributed by atoms with E-state index in [1.807, 2.05) is 73.2 Å². The second-order valence-corrected chi connectivity index (χ2v) is 10.9. The Bertz CT molecular complexity index is 1710. The van der Waals surface area contributed by atoms with Crippen molar-refractivity contribution >= 4 is 22.8 Å². The van der Waals surface area contributed by atoms with Gasteiger partial charge in [0, 0.05) is 45.9 Å². The van der Waals surface area contributed by atoms with Gasteiger partial charge >= 0.3 is 0 Å². The minimum Gasteiger partial charge on any atom is -0.381 e. The molecule has 44 heavy (non-hydrogen) atoms. The number of halogens is 1. The highest BCUT2D eigenvalue weighted by atomic mass is 19.1. The maximum Gasteiger partial charge on any atom is 0.258 e. The molecule has 2 unspecified atom stereocenters. The molecule has 11 heteroatoms. The Kier molecular flexibility index (Phi) is 9.82. The Hall–Kier alpha value is -4.40. The van der Waals surface area contributed by atoms with Crippen LogP contribution in [0.5, 0.6) is 0 Å². The van der Waals surface area contributed by atoms with E-state index in [2.05, 4.69) is 33.0 Å². The van der Waals surface area contributed by atoms with Gasteiger partial charge in [0.15, 0.2) is 11.5 Å². The highest BCUT2D eigenvalue weighted by Gasteiger charge is 2.33. The van der Waals surface area contributed by atoms with E-state index in [-0.39, 0.29) is 17.9 Å². The lowest BCUT2D eigenvalue weighted by molar-refractivity contribution is 0.187. The van der Waals surface area contributed by atoms with Crippen LogP contribution in [0.15, 0.2) is 54.9 Å². The van der Waals surface area contributed by atoms with E-state index < -0.39 is 0 Å². The number of piperazine rings is 1. The summed E-state index contributed by atoms with van der Waals surface area (Å²) in [5, 5.41) is 17.5. The number of aryl methyl sites for hydroxylation is 2. The lowest BCUT2D eigenvalue weighted by atomic mass is 9.95. The zero-order chi connectivity index (χ0) is 31.2. The van der Waals surface area contributed by atoms with Gasteiger partial charge in [-0.2, -0.15) is 10.2 Å². The molecule has 0 aliphatic carbocycles. The monoisotopic (exact) mass is 597 g/mol. The number of imidazole rings is 1. The van der Waals surface area contributed by atoms with Gasteiger partial charge in [-0.25, -0.2) is 13.8 Å². The molecule has 2 atom stereocenters. The molecule has 3 aromatic heterocycles. The van der Waals surface area contributed by atoms with Crippen LogP contribution in [0.3, 0.4) is 0 Å². The van der Waals surface area contributed by atoms with Gasteiger partial charge in [-0.05, 0) is 62.1 Å². The van der Waals surface area contributed by atoms with Gasteiger partial charge in [-0.15, -0.1) is 10.2 Å². The zero-order valence-electron chi connectivity index (χ0n) is 26.1. The smallest absolute Gasteiger partial charge is 0.258 e. The Morgan fingerprint density at radius 2 is 1.64 bits per heavy atom. The van der Waals surface area contributed by atoms with Gasteiger partial charge in [0.25, 0.3) is 5.78 Å². The van der Waals surface area contributed by atoms with E-state index in [0.717, 1.165) is 66.8 Å². The van der Waals surface area contributed by atoms with E-state index in [9.17, 15) is 9.65 Å². The molecule has 0 spiro atoms. The molecule has 2 aliphatic rings. The normalized spacial score (nSPS) is 17.5. The molecule has 0 bridgehead atoms. The predicted molar refractivity (Wildman–Crippen MR) is 169 cm³/mol. The number of aromatic nitrogens is 6. The van der Waals surface area contributed by atoms with Crippen molar-refractivity contribution in [3.8, 4) is 6.07 Å². The minimum absolute atomic E-state index is 0.0676. The average Bonchev–Trinajstić information content (AvgIpc) is 3.83. The predicted octanol–water partition coefficient (Wildman–Crippen LogP) is 5.45. The van der Waals surface area contributed by atoms with Crippen LogP contribution in [0.25, 0.3) is 16.9 Å². The maximum absolute atomic E-state index is 13.8. The fourth-order valence-electron chi connectivity index (χ4n) is 5.87. The van der Waals surface area contributed by atoms with Crippen molar-refractivity contribution < 1.29 is 9.13 Å². The van der Waals surface area contributed by atoms with Gasteiger partial charge in [0.2, 0.25) is 0 Å². The summed E-state index contributed by atoms with van der Waals surface area (Å²) in [6.07, 6.45) is 4.22. The second kappa shape index (κ2) is 13.9. The van der Waals surface area contributed by atoms with Crippen molar-refractivity contribution in [2.24, 2.45) is 7.05 Å². The second-order valence-electron chi connectivity index (χ2n) is 10.9. The third-order valence-electron chi connectivity index (χ3n) is 8.13. The van der Waals surface area contributed by atoms with Crippen molar-refractivity contribution in [2.45, 2.75) is 52.6 Å². The highest BCUT2D eigenvalue weighted by Crippen LogP contribution is 2.34. The average molecular weight is 598 g/mol. The lowest BCUT2D eigenvalue weighted by Crippen LogP contribution is -2.53. The van der Waals surface area contributed by atoms with Gasteiger partial charge in [-0.3, -0.25) is 4.90 Å². The Balaban J connectivity index is 0.000000492. The number of hydrogen-bond acceptors (Lipinski definition) is 8. The number of hydrogen-bond donors (Lipinski definition) is 0. The number of ether oxygens (including phenoxy) is 1. The first kappa shape index (κ1) is 31.0. The van der Waals surface area contributed by atoms with Gasteiger partial charge < -0.3 is 14.2 Å². The van der Waals surface area contributed by atoms with E-state index in [1.54, 1.807) is 6.33 Å². The number of nitriles is 1. The Morgan fingerprint density at radius 1 is 0.977 bits per heavy atom. The van der Waals surface area contributed by atoms with Gasteiger partial charge in [0.1, 0.15) is 23.5 Å². The summed E-state index contributed by atoms with van der Waals surface area (Å²) in [7, 11) is 1.99. The van der Waals surface area contributed by atoms with Crippen molar-refractivity contribution in [2.75, 3.05) is 37.7 Å². The molecule has 2 aromatic carbocycles. The van der Waals surface area contributed by atoms with Crippen LogP contribution in [-0.2, 0) is 11.8 Å². The quantitative estimate of drug-likeness (QED) is 0.270. The van der Waals surface area contributed by atoms with Gasteiger partial charge in [0.05, 0.1) is 17.7 Å². The summed E-state index contributed by atoms with van der Waals surface area (Å²) in [4.78, 5) is 14.4. The Labute approximate surface area is 257 Å². The first-order valence-electron chi connectivity index (χ1n) is 15.3. The standard InChI is InChI=1S/C27H26FN9.C4H8O.C2H6/c1-17-15-35(24(21-8-10-22(28)11-9-21)20-6-4-19(14-29)5-7-20)12-13-36(17)25-23-26(34(3)18(2)31-23)37-16-30-33-27(37)32-25;1-2-4-5-3-1;1-2/h4-11,16-17,24H,12-13,15H2,1-3H3;1-4H2;1-2H3. The van der Waals surface area contributed by atoms with Crippen LogP contribution >= 0.6 is 0 Å². The summed E-state index contributed by atoms with van der Waals surface area (Å²) in [5.41, 5.74) is 4.44. The topological polar surface area (TPSA) is 100 Å². The van der Waals surface area contributed by atoms with E-state index in [0.29, 0.717) is 11.3 Å². The summed E-state index contributed by atoms with van der Waals surface area (Å²) in [6, 6.07) is 16.6. The maximum atomic E-state index is 13.8. The Morgan fingerprint density at radius 3 is 2.23 bits per heavy atom. The van der Waals surface area contributed by atoms with Crippen molar-refractivity contribution in [1.82, 2.24) is 34.0 Å². The fourth-order valence-corrected chi connectivity index (χ4v) is 5.87. The SMILES string of the molecule is C1CCOC1.CC.Cc1nc2c(N3CCN(C(c4ccc(F)cc4)c4ccc(C#N)cc4)CC3C)nc3nncn3c2n1C. The molecule has 7 rings (SSSR count). The number of nitrogens with zero attached hydrogens (tertiary/aromatic N) is 9. The number of rotatable bonds is 4. The van der Waals surface area contributed by atoms with Crippen molar-refractivity contribution in [3.05, 3.63) is 83.2 Å².